The van der Waals surface area contributed by atoms with E-state index in [-0.39, 0.29) is 12.5 Å². The van der Waals surface area contributed by atoms with E-state index in [0.29, 0.717) is 36.1 Å². The lowest BCUT2D eigenvalue weighted by Gasteiger charge is -2.12. The maximum atomic E-state index is 12.1. The van der Waals surface area contributed by atoms with E-state index in [1.54, 1.807) is 14.2 Å². The first-order chi connectivity index (χ1) is 12.7. The molecule has 6 nitrogen and oxygen atoms in total. The van der Waals surface area contributed by atoms with E-state index in [1.807, 2.05) is 49.4 Å². The van der Waals surface area contributed by atoms with Gasteiger partial charge in [-0.25, -0.2) is 0 Å². The minimum atomic E-state index is -0.107. The van der Waals surface area contributed by atoms with Gasteiger partial charge in [0.05, 0.1) is 33.1 Å². The molecule has 0 saturated carbocycles. The monoisotopic (exact) mass is 358 g/mol. The van der Waals surface area contributed by atoms with Crippen molar-refractivity contribution in [1.82, 2.24) is 5.32 Å². The van der Waals surface area contributed by atoms with Crippen LogP contribution >= 0.6 is 0 Å². The van der Waals surface area contributed by atoms with Crippen LogP contribution in [0.4, 0.5) is 5.69 Å². The summed E-state index contributed by atoms with van der Waals surface area (Å²) in [6.07, 6.45) is 0.781. The second kappa shape index (κ2) is 10.3. The van der Waals surface area contributed by atoms with Crippen LogP contribution in [0, 0.1) is 0 Å². The number of hydrogen-bond acceptors (Lipinski definition) is 5. The molecule has 140 valence electrons. The van der Waals surface area contributed by atoms with Crippen LogP contribution in [0.1, 0.15) is 12.5 Å². The predicted molar refractivity (Wildman–Crippen MR) is 102 cm³/mol. The second-order valence-corrected chi connectivity index (χ2v) is 5.59. The number of hydrogen-bond donors (Lipinski definition) is 2. The van der Waals surface area contributed by atoms with Gasteiger partial charge in [-0.2, -0.15) is 0 Å². The molecule has 0 unspecified atom stereocenters. The van der Waals surface area contributed by atoms with Gasteiger partial charge in [0.2, 0.25) is 5.91 Å². The molecule has 0 saturated heterocycles. The summed E-state index contributed by atoms with van der Waals surface area (Å²) >= 11 is 0. The number of amides is 1. The fourth-order valence-corrected chi connectivity index (χ4v) is 2.52. The summed E-state index contributed by atoms with van der Waals surface area (Å²) in [6, 6.07) is 13.2. The molecule has 0 fully saturated rings. The zero-order chi connectivity index (χ0) is 18.8. The third-order valence-electron chi connectivity index (χ3n) is 3.78. The van der Waals surface area contributed by atoms with Crippen LogP contribution in [0.5, 0.6) is 17.2 Å². The van der Waals surface area contributed by atoms with Gasteiger partial charge in [-0.15, -0.1) is 0 Å². The largest absolute Gasteiger partial charge is 0.493 e. The van der Waals surface area contributed by atoms with E-state index in [1.165, 1.54) is 0 Å². The molecule has 6 heteroatoms. The first kappa shape index (κ1) is 19.6. The van der Waals surface area contributed by atoms with Crippen molar-refractivity contribution in [2.75, 3.05) is 39.2 Å². The zero-order valence-corrected chi connectivity index (χ0v) is 15.5. The number of para-hydroxylation sites is 2. The number of ether oxygens (including phenoxy) is 3. The average Bonchev–Trinajstić information content (AvgIpc) is 2.66. The Balaban J connectivity index is 1.79. The molecule has 0 spiro atoms. The zero-order valence-electron chi connectivity index (χ0n) is 15.5. The molecule has 2 N–H and O–H groups in total. The Kier molecular flexibility index (Phi) is 7.76. The van der Waals surface area contributed by atoms with E-state index in [2.05, 4.69) is 10.6 Å². The molecule has 0 atom stereocenters. The summed E-state index contributed by atoms with van der Waals surface area (Å²) in [7, 11) is 3.23. The van der Waals surface area contributed by atoms with E-state index < -0.39 is 0 Å². The highest BCUT2D eigenvalue weighted by molar-refractivity contribution is 5.93. The maximum absolute atomic E-state index is 12.1. The van der Waals surface area contributed by atoms with Crippen LogP contribution in [0.25, 0.3) is 0 Å². The summed E-state index contributed by atoms with van der Waals surface area (Å²) in [5.41, 5.74) is 1.79. The molecule has 0 radical (unpaired) electrons. The highest BCUT2D eigenvalue weighted by Crippen LogP contribution is 2.27. The Bertz CT molecular complexity index is 719. The topological polar surface area (TPSA) is 68.8 Å². The summed E-state index contributed by atoms with van der Waals surface area (Å²) in [5.74, 6) is 1.98. The molecule has 0 bridgehead atoms. The van der Waals surface area contributed by atoms with Crippen molar-refractivity contribution in [2.45, 2.75) is 13.3 Å². The van der Waals surface area contributed by atoms with Gasteiger partial charge in [0.25, 0.3) is 0 Å². The molecule has 0 aromatic heterocycles. The van der Waals surface area contributed by atoms with Crippen LogP contribution in [-0.4, -0.2) is 39.8 Å². The van der Waals surface area contributed by atoms with Crippen LogP contribution in [0.3, 0.4) is 0 Å². The summed E-state index contributed by atoms with van der Waals surface area (Å²) in [5, 5.41) is 6.01. The predicted octanol–water partition coefficient (Wildman–Crippen LogP) is 2.87. The van der Waals surface area contributed by atoms with Crippen molar-refractivity contribution in [3.05, 3.63) is 48.0 Å². The minimum absolute atomic E-state index is 0.107. The Hall–Kier alpha value is -2.73. The number of anilines is 1. The SMILES string of the molecule is CCOc1ccccc1NC(=O)CNCCc1ccc(OC)c(OC)c1. The van der Waals surface area contributed by atoms with Gasteiger partial charge in [-0.3, -0.25) is 4.79 Å². The normalized spacial score (nSPS) is 10.3. The van der Waals surface area contributed by atoms with Crippen LogP contribution in [-0.2, 0) is 11.2 Å². The standard InChI is InChI=1S/C20H26N2O4/c1-4-26-17-8-6-5-7-16(17)22-20(23)14-21-12-11-15-9-10-18(24-2)19(13-15)25-3/h5-10,13,21H,4,11-12,14H2,1-3H3,(H,22,23). The smallest absolute Gasteiger partial charge is 0.238 e. The molecule has 0 aliphatic rings. The summed E-state index contributed by atoms with van der Waals surface area (Å²) in [6.45, 7) is 3.37. The molecule has 2 rings (SSSR count). The molecule has 2 aromatic carbocycles. The van der Waals surface area contributed by atoms with Gasteiger partial charge in [0.1, 0.15) is 5.75 Å². The maximum Gasteiger partial charge on any atom is 0.238 e. The minimum Gasteiger partial charge on any atom is -0.493 e. The highest BCUT2D eigenvalue weighted by atomic mass is 16.5. The first-order valence-electron chi connectivity index (χ1n) is 8.61. The van der Waals surface area contributed by atoms with Gasteiger partial charge in [-0.05, 0) is 49.7 Å². The molecular weight excluding hydrogens is 332 g/mol. The molecule has 0 aliphatic heterocycles. The van der Waals surface area contributed by atoms with Crippen LogP contribution in [0.2, 0.25) is 0 Å². The Morgan fingerprint density at radius 3 is 2.50 bits per heavy atom. The van der Waals surface area contributed by atoms with Crippen molar-refractivity contribution < 1.29 is 19.0 Å². The highest BCUT2D eigenvalue weighted by Gasteiger charge is 2.08. The Labute approximate surface area is 154 Å². The lowest BCUT2D eigenvalue weighted by Crippen LogP contribution is -2.29. The Morgan fingerprint density at radius 2 is 1.77 bits per heavy atom. The number of benzene rings is 2. The van der Waals surface area contributed by atoms with Crippen molar-refractivity contribution in [3.8, 4) is 17.2 Å². The third-order valence-corrected chi connectivity index (χ3v) is 3.78. The van der Waals surface area contributed by atoms with E-state index in [4.69, 9.17) is 14.2 Å². The molecule has 0 heterocycles. The van der Waals surface area contributed by atoms with Gasteiger partial charge in [0.15, 0.2) is 11.5 Å². The van der Waals surface area contributed by atoms with Crippen molar-refractivity contribution >= 4 is 11.6 Å². The van der Waals surface area contributed by atoms with Gasteiger partial charge >= 0.3 is 0 Å². The molecular formula is C20H26N2O4. The van der Waals surface area contributed by atoms with Crippen molar-refractivity contribution in [3.63, 3.8) is 0 Å². The van der Waals surface area contributed by atoms with Crippen LogP contribution < -0.4 is 24.8 Å². The Morgan fingerprint density at radius 1 is 1.00 bits per heavy atom. The number of carbonyl (C=O) groups is 1. The summed E-state index contributed by atoms with van der Waals surface area (Å²) < 4.78 is 16.0. The quantitative estimate of drug-likeness (QED) is 0.639. The lowest BCUT2D eigenvalue weighted by atomic mass is 10.1. The van der Waals surface area contributed by atoms with E-state index in [9.17, 15) is 4.79 Å². The fourth-order valence-electron chi connectivity index (χ4n) is 2.52. The molecule has 0 aliphatic carbocycles. The van der Waals surface area contributed by atoms with Crippen molar-refractivity contribution in [2.24, 2.45) is 0 Å². The number of carbonyl (C=O) groups excluding carboxylic acids is 1. The lowest BCUT2D eigenvalue weighted by molar-refractivity contribution is -0.115. The third kappa shape index (κ3) is 5.67. The van der Waals surface area contributed by atoms with Crippen LogP contribution in [0.15, 0.2) is 42.5 Å². The molecule has 26 heavy (non-hydrogen) atoms. The fraction of sp³-hybridized carbons (Fsp3) is 0.350. The number of rotatable bonds is 10. The molecule has 2 aromatic rings. The second-order valence-electron chi connectivity index (χ2n) is 5.59. The van der Waals surface area contributed by atoms with E-state index >= 15 is 0 Å². The summed E-state index contributed by atoms with van der Waals surface area (Å²) in [4.78, 5) is 12.1. The van der Waals surface area contributed by atoms with E-state index in [0.717, 1.165) is 12.0 Å². The first-order valence-corrected chi connectivity index (χ1v) is 8.61. The number of methoxy groups -OCH3 is 2. The average molecular weight is 358 g/mol. The number of nitrogens with one attached hydrogen (secondary N) is 2. The van der Waals surface area contributed by atoms with Crippen molar-refractivity contribution in [1.29, 1.82) is 0 Å². The van der Waals surface area contributed by atoms with Gasteiger partial charge in [0, 0.05) is 0 Å². The van der Waals surface area contributed by atoms with Gasteiger partial charge < -0.3 is 24.8 Å². The van der Waals surface area contributed by atoms with Gasteiger partial charge in [-0.1, -0.05) is 18.2 Å². The molecule has 1 amide bonds.